The van der Waals surface area contributed by atoms with E-state index in [1.165, 1.54) is 19.2 Å². The zero-order chi connectivity index (χ0) is 15.3. The van der Waals surface area contributed by atoms with Gasteiger partial charge in [-0.1, -0.05) is 19.9 Å². The molecule has 1 rings (SSSR count). The lowest BCUT2D eigenvalue weighted by atomic mass is 10.0. The van der Waals surface area contributed by atoms with E-state index in [4.69, 9.17) is 0 Å². The number of amides is 1. The molecule has 0 aliphatic heterocycles. The quantitative estimate of drug-likeness (QED) is 0.834. The number of methoxy groups -OCH3 is 1. The molecule has 1 aromatic rings. The molecule has 0 saturated carbocycles. The molecule has 0 bridgehead atoms. The van der Waals surface area contributed by atoms with Crippen molar-refractivity contribution < 1.29 is 18.7 Å². The van der Waals surface area contributed by atoms with Crippen LogP contribution in [0.2, 0.25) is 0 Å². The Kier molecular flexibility index (Phi) is 6.13. The molecular weight excluding hydrogens is 329 g/mol. The summed E-state index contributed by atoms with van der Waals surface area (Å²) in [6.07, 6.45) is 0.421. The SMILES string of the molecule is COC(=O)C(CC(C)C)NC(=O)c1c(F)cccc1Br. The highest BCUT2D eigenvalue weighted by atomic mass is 79.9. The van der Waals surface area contributed by atoms with Crippen molar-refractivity contribution in [2.75, 3.05) is 7.11 Å². The minimum Gasteiger partial charge on any atom is -0.467 e. The third kappa shape index (κ3) is 4.30. The normalized spacial score (nSPS) is 12.1. The lowest BCUT2D eigenvalue weighted by Gasteiger charge is -2.18. The minimum atomic E-state index is -0.793. The number of hydrogen-bond acceptors (Lipinski definition) is 3. The van der Waals surface area contributed by atoms with Gasteiger partial charge in [0.25, 0.3) is 5.91 Å². The molecule has 1 N–H and O–H groups in total. The number of carbonyl (C=O) groups excluding carboxylic acids is 2. The van der Waals surface area contributed by atoms with Crippen LogP contribution >= 0.6 is 15.9 Å². The van der Waals surface area contributed by atoms with Gasteiger partial charge in [0, 0.05) is 4.47 Å². The zero-order valence-corrected chi connectivity index (χ0v) is 13.2. The third-order valence-corrected chi connectivity index (χ3v) is 3.35. The molecule has 0 heterocycles. The number of rotatable bonds is 5. The van der Waals surface area contributed by atoms with Crippen LogP contribution in [-0.4, -0.2) is 25.0 Å². The number of hydrogen-bond donors (Lipinski definition) is 1. The number of benzene rings is 1. The molecule has 0 saturated heterocycles. The Bertz CT molecular complexity index is 485. The molecule has 1 aromatic carbocycles. The highest BCUT2D eigenvalue weighted by Crippen LogP contribution is 2.20. The lowest BCUT2D eigenvalue weighted by Crippen LogP contribution is -2.42. The molecular formula is C14H17BrFNO3. The highest BCUT2D eigenvalue weighted by molar-refractivity contribution is 9.10. The maximum atomic E-state index is 13.7. The van der Waals surface area contributed by atoms with Gasteiger partial charge in [0.05, 0.1) is 12.7 Å². The summed E-state index contributed by atoms with van der Waals surface area (Å²) < 4.78 is 18.7. The Morgan fingerprint density at radius 3 is 2.55 bits per heavy atom. The summed E-state index contributed by atoms with van der Waals surface area (Å²) in [4.78, 5) is 23.8. The van der Waals surface area contributed by atoms with Crippen LogP contribution in [0.25, 0.3) is 0 Å². The van der Waals surface area contributed by atoms with Crippen molar-refractivity contribution in [1.29, 1.82) is 0 Å². The fourth-order valence-electron chi connectivity index (χ4n) is 1.77. The topological polar surface area (TPSA) is 55.4 Å². The van der Waals surface area contributed by atoms with Crippen molar-refractivity contribution in [3.8, 4) is 0 Å². The molecule has 0 aliphatic rings. The van der Waals surface area contributed by atoms with Crippen LogP contribution in [0.1, 0.15) is 30.6 Å². The fourth-order valence-corrected chi connectivity index (χ4v) is 2.29. The van der Waals surface area contributed by atoms with Gasteiger partial charge < -0.3 is 10.1 Å². The first-order valence-corrected chi connectivity index (χ1v) is 6.98. The summed E-state index contributed by atoms with van der Waals surface area (Å²) in [5, 5.41) is 2.51. The largest absolute Gasteiger partial charge is 0.467 e. The summed E-state index contributed by atoms with van der Waals surface area (Å²) in [6.45, 7) is 3.84. The van der Waals surface area contributed by atoms with Crippen LogP contribution in [0.5, 0.6) is 0 Å². The average Bonchev–Trinajstić information content (AvgIpc) is 2.36. The van der Waals surface area contributed by atoms with Gasteiger partial charge in [-0.05, 0) is 40.4 Å². The van der Waals surface area contributed by atoms with E-state index < -0.39 is 23.7 Å². The van der Waals surface area contributed by atoms with Crippen molar-refractivity contribution in [2.45, 2.75) is 26.3 Å². The van der Waals surface area contributed by atoms with Crippen molar-refractivity contribution in [3.63, 3.8) is 0 Å². The number of esters is 1. The molecule has 0 aromatic heterocycles. The van der Waals surface area contributed by atoms with E-state index in [-0.39, 0.29) is 11.5 Å². The van der Waals surface area contributed by atoms with Gasteiger partial charge in [-0.3, -0.25) is 4.79 Å². The van der Waals surface area contributed by atoms with Gasteiger partial charge in [0.2, 0.25) is 0 Å². The Balaban J connectivity index is 2.93. The van der Waals surface area contributed by atoms with E-state index >= 15 is 0 Å². The van der Waals surface area contributed by atoms with E-state index in [0.717, 1.165) is 0 Å². The van der Waals surface area contributed by atoms with Crippen molar-refractivity contribution in [2.24, 2.45) is 5.92 Å². The van der Waals surface area contributed by atoms with Gasteiger partial charge in [-0.2, -0.15) is 0 Å². The molecule has 0 spiro atoms. The Morgan fingerprint density at radius 2 is 2.05 bits per heavy atom. The Labute approximate surface area is 125 Å². The monoisotopic (exact) mass is 345 g/mol. The first-order chi connectivity index (χ1) is 9.36. The first-order valence-electron chi connectivity index (χ1n) is 6.19. The van der Waals surface area contributed by atoms with Crippen molar-refractivity contribution in [1.82, 2.24) is 5.32 Å². The summed E-state index contributed by atoms with van der Waals surface area (Å²) in [5.41, 5.74) is -0.120. The van der Waals surface area contributed by atoms with Gasteiger partial charge in [-0.15, -0.1) is 0 Å². The Morgan fingerprint density at radius 1 is 1.40 bits per heavy atom. The summed E-state index contributed by atoms with van der Waals surface area (Å²) in [6, 6.07) is 3.45. The number of halogens is 2. The smallest absolute Gasteiger partial charge is 0.328 e. The van der Waals surface area contributed by atoms with Gasteiger partial charge in [0.1, 0.15) is 11.9 Å². The Hall–Kier alpha value is -1.43. The average molecular weight is 346 g/mol. The predicted octanol–water partition coefficient (Wildman–Crippen LogP) is 2.91. The van der Waals surface area contributed by atoms with Gasteiger partial charge in [-0.25, -0.2) is 9.18 Å². The standard InChI is InChI=1S/C14H17BrFNO3/c1-8(2)7-11(14(19)20-3)17-13(18)12-9(15)5-4-6-10(12)16/h4-6,8,11H,7H2,1-3H3,(H,17,18). The van der Waals surface area contributed by atoms with E-state index in [9.17, 15) is 14.0 Å². The molecule has 0 radical (unpaired) electrons. The van der Waals surface area contributed by atoms with E-state index in [0.29, 0.717) is 10.9 Å². The van der Waals surface area contributed by atoms with Gasteiger partial charge in [0.15, 0.2) is 0 Å². The molecule has 6 heteroatoms. The summed E-state index contributed by atoms with van der Waals surface area (Å²) >= 11 is 3.13. The van der Waals surface area contributed by atoms with E-state index in [1.807, 2.05) is 13.8 Å². The van der Waals surface area contributed by atoms with E-state index in [2.05, 4.69) is 26.0 Å². The second-order valence-corrected chi connectivity index (χ2v) is 5.63. The predicted molar refractivity (Wildman–Crippen MR) is 76.8 cm³/mol. The van der Waals surface area contributed by atoms with E-state index in [1.54, 1.807) is 6.07 Å². The number of carbonyl (C=O) groups is 2. The minimum absolute atomic E-state index is 0.120. The summed E-state index contributed by atoms with van der Waals surface area (Å²) in [7, 11) is 1.25. The molecule has 0 aliphatic carbocycles. The number of ether oxygens (including phenoxy) is 1. The van der Waals surface area contributed by atoms with Gasteiger partial charge >= 0.3 is 5.97 Å². The molecule has 1 unspecified atom stereocenters. The lowest BCUT2D eigenvalue weighted by molar-refractivity contribution is -0.143. The second-order valence-electron chi connectivity index (χ2n) is 4.78. The maximum Gasteiger partial charge on any atom is 0.328 e. The van der Waals surface area contributed by atoms with Crippen LogP contribution < -0.4 is 5.32 Å². The van der Waals surface area contributed by atoms with Crippen LogP contribution in [0.4, 0.5) is 4.39 Å². The van der Waals surface area contributed by atoms with Crippen LogP contribution in [-0.2, 0) is 9.53 Å². The first kappa shape index (κ1) is 16.6. The molecule has 1 atom stereocenters. The van der Waals surface area contributed by atoms with Crippen LogP contribution in [0.3, 0.4) is 0 Å². The van der Waals surface area contributed by atoms with Crippen molar-refractivity contribution >= 4 is 27.8 Å². The van der Waals surface area contributed by atoms with Crippen LogP contribution in [0.15, 0.2) is 22.7 Å². The highest BCUT2D eigenvalue weighted by Gasteiger charge is 2.25. The zero-order valence-electron chi connectivity index (χ0n) is 11.6. The molecule has 1 amide bonds. The maximum absolute atomic E-state index is 13.7. The molecule has 110 valence electrons. The van der Waals surface area contributed by atoms with Crippen LogP contribution in [0, 0.1) is 11.7 Å². The third-order valence-electron chi connectivity index (χ3n) is 2.69. The molecule has 4 nitrogen and oxygen atoms in total. The molecule has 20 heavy (non-hydrogen) atoms. The molecule has 0 fully saturated rings. The van der Waals surface area contributed by atoms with Crippen molar-refractivity contribution in [3.05, 3.63) is 34.1 Å². The second kappa shape index (κ2) is 7.38. The summed E-state index contributed by atoms with van der Waals surface area (Å²) in [5.74, 6) is -1.65. The fraction of sp³-hybridized carbons (Fsp3) is 0.429. The number of nitrogens with one attached hydrogen (secondary N) is 1.